The molecule has 0 spiro atoms. The summed E-state index contributed by atoms with van der Waals surface area (Å²) in [6, 6.07) is -1.81. The van der Waals surface area contributed by atoms with E-state index in [0.717, 1.165) is 0 Å². The molecule has 0 saturated carbocycles. The number of nitroso groups, excluding NO2 is 2. The van der Waals surface area contributed by atoms with Crippen LogP contribution in [0.25, 0.3) is 0 Å². The summed E-state index contributed by atoms with van der Waals surface area (Å²) >= 11 is 10.7. The molecular formula is C10H18Cl2N6O6. The molecule has 24 heavy (non-hydrogen) atoms. The molecule has 2 atom stereocenters. The fraction of sp³-hybridized carbons (Fsp3) is 0.800. The summed E-state index contributed by atoms with van der Waals surface area (Å²) in [6.07, 6.45) is -2.91. The van der Waals surface area contributed by atoms with Crippen molar-refractivity contribution in [3.8, 4) is 0 Å². The normalized spacial score (nSPS) is 12.7. The Balaban J connectivity index is 4.25. The second kappa shape index (κ2) is 12.6. The van der Waals surface area contributed by atoms with Gasteiger partial charge in [0.2, 0.25) is 0 Å². The predicted molar refractivity (Wildman–Crippen MR) is 85.3 cm³/mol. The molecule has 0 heterocycles. The van der Waals surface area contributed by atoms with Crippen LogP contribution in [-0.2, 0) is 0 Å². The first-order valence-electron chi connectivity index (χ1n) is 6.66. The Morgan fingerprint density at radius 3 is 1.46 bits per heavy atom. The van der Waals surface area contributed by atoms with Crippen LogP contribution >= 0.6 is 23.2 Å². The number of hydrogen-bond acceptors (Lipinski definition) is 8. The summed E-state index contributed by atoms with van der Waals surface area (Å²) in [4.78, 5) is 43.8. The van der Waals surface area contributed by atoms with Gasteiger partial charge in [0.05, 0.1) is 35.9 Å². The van der Waals surface area contributed by atoms with Crippen molar-refractivity contribution in [2.75, 3.05) is 37.9 Å². The second-order valence-corrected chi connectivity index (χ2v) is 5.05. The van der Waals surface area contributed by atoms with Gasteiger partial charge in [-0.05, 0) is 0 Å². The average molecular weight is 389 g/mol. The van der Waals surface area contributed by atoms with Gasteiger partial charge in [0.1, 0.15) is 0 Å². The molecule has 0 unspecified atom stereocenters. The summed E-state index contributed by atoms with van der Waals surface area (Å²) in [7, 11) is 0. The van der Waals surface area contributed by atoms with E-state index in [-0.39, 0.29) is 24.8 Å². The number of amides is 4. The SMILES string of the molecule is O=NN(CCCl)C(=O)NC[C@@H](O)[C@H](O)CNC(=O)N(CCCl)N=O. The molecule has 12 nitrogen and oxygen atoms in total. The molecule has 138 valence electrons. The van der Waals surface area contributed by atoms with Crippen LogP contribution in [-0.4, -0.2) is 82.4 Å². The van der Waals surface area contributed by atoms with Crippen LogP contribution in [0.3, 0.4) is 0 Å². The van der Waals surface area contributed by atoms with Crippen LogP contribution in [0.2, 0.25) is 0 Å². The highest BCUT2D eigenvalue weighted by Gasteiger charge is 2.21. The predicted octanol–water partition coefficient (Wildman–Crippen LogP) is -0.428. The van der Waals surface area contributed by atoms with Gasteiger partial charge < -0.3 is 20.8 Å². The van der Waals surface area contributed by atoms with E-state index < -0.39 is 37.4 Å². The number of halogens is 2. The molecule has 0 fully saturated rings. The Labute approximate surface area is 146 Å². The number of nitrogens with one attached hydrogen (secondary N) is 2. The van der Waals surface area contributed by atoms with Gasteiger partial charge in [-0.25, -0.2) is 9.59 Å². The molecule has 0 aromatic heterocycles. The lowest BCUT2D eigenvalue weighted by Crippen LogP contribution is -2.48. The number of hydrogen-bond donors (Lipinski definition) is 4. The van der Waals surface area contributed by atoms with Crippen molar-refractivity contribution in [3.63, 3.8) is 0 Å². The van der Waals surface area contributed by atoms with Crippen molar-refractivity contribution in [1.29, 1.82) is 0 Å². The van der Waals surface area contributed by atoms with Gasteiger partial charge in [0.15, 0.2) is 0 Å². The minimum absolute atomic E-state index is 0.0139. The summed E-state index contributed by atoms with van der Waals surface area (Å²) in [5, 5.41) is 29.5. The fourth-order valence-electron chi connectivity index (χ4n) is 1.36. The maximum Gasteiger partial charge on any atom is 0.340 e. The van der Waals surface area contributed by atoms with Crippen LogP contribution in [0.15, 0.2) is 10.6 Å². The van der Waals surface area contributed by atoms with E-state index in [2.05, 4.69) is 21.2 Å². The third kappa shape index (κ3) is 8.19. The quantitative estimate of drug-likeness (QED) is 0.213. The van der Waals surface area contributed by atoms with Crippen molar-refractivity contribution >= 4 is 35.3 Å². The first kappa shape index (κ1) is 22.2. The Morgan fingerprint density at radius 2 is 1.21 bits per heavy atom. The number of rotatable bonds is 11. The van der Waals surface area contributed by atoms with E-state index in [1.165, 1.54) is 0 Å². The number of carbonyl (C=O) groups is 2. The van der Waals surface area contributed by atoms with Crippen molar-refractivity contribution in [3.05, 3.63) is 9.81 Å². The molecule has 4 N–H and O–H groups in total. The highest BCUT2D eigenvalue weighted by molar-refractivity contribution is 6.18. The molecule has 14 heteroatoms. The van der Waals surface area contributed by atoms with Gasteiger partial charge in [0.25, 0.3) is 0 Å². The van der Waals surface area contributed by atoms with Crippen molar-refractivity contribution in [2.45, 2.75) is 12.2 Å². The lowest BCUT2D eigenvalue weighted by molar-refractivity contribution is 0.0225. The number of carbonyl (C=O) groups excluding carboxylic acids is 2. The zero-order valence-electron chi connectivity index (χ0n) is 12.5. The van der Waals surface area contributed by atoms with Gasteiger partial charge in [-0.15, -0.1) is 33.0 Å². The molecule has 0 aliphatic heterocycles. The molecule has 0 radical (unpaired) electrons. The smallest absolute Gasteiger partial charge is 0.340 e. The standard InChI is InChI=1S/C10H18Cl2N6O6/c11-1-3-17(15-23)9(21)13-5-7(19)8(20)6-14-10(22)18(16-24)4-2-12/h7-8,19-20H,1-6H2,(H,13,21)(H,14,22)/t7-,8-/m1/s1. The number of aliphatic hydroxyl groups is 2. The van der Waals surface area contributed by atoms with Gasteiger partial charge in [-0.2, -0.15) is 10.0 Å². The summed E-state index contributed by atoms with van der Waals surface area (Å²) < 4.78 is 0. The Hall–Kier alpha value is -1.76. The highest BCUT2D eigenvalue weighted by Crippen LogP contribution is 1.97. The second-order valence-electron chi connectivity index (χ2n) is 4.29. The van der Waals surface area contributed by atoms with E-state index >= 15 is 0 Å². The maximum atomic E-state index is 11.5. The Kier molecular flexibility index (Phi) is 11.7. The minimum atomic E-state index is -1.45. The minimum Gasteiger partial charge on any atom is -0.389 e. The molecule has 4 amide bonds. The molecule has 0 rings (SSSR count). The van der Waals surface area contributed by atoms with Gasteiger partial charge in [0, 0.05) is 24.8 Å². The van der Waals surface area contributed by atoms with E-state index in [0.29, 0.717) is 10.0 Å². The molecule has 0 aliphatic rings. The molecule has 0 aliphatic carbocycles. The first-order valence-corrected chi connectivity index (χ1v) is 7.73. The average Bonchev–Trinajstić information content (AvgIpc) is 2.59. The Morgan fingerprint density at radius 1 is 0.875 bits per heavy atom. The number of aliphatic hydroxyl groups excluding tert-OH is 2. The van der Waals surface area contributed by atoms with Crippen molar-refractivity contribution in [2.24, 2.45) is 10.6 Å². The maximum absolute atomic E-state index is 11.5. The Bertz CT molecular complexity index is 393. The van der Waals surface area contributed by atoms with E-state index in [4.69, 9.17) is 23.2 Å². The van der Waals surface area contributed by atoms with Crippen LogP contribution < -0.4 is 10.6 Å². The van der Waals surface area contributed by atoms with Crippen molar-refractivity contribution in [1.82, 2.24) is 20.7 Å². The summed E-state index contributed by atoms with van der Waals surface area (Å²) in [5.74, 6) is -0.0279. The summed E-state index contributed by atoms with van der Waals surface area (Å²) in [6.45, 7) is -1.08. The van der Waals surface area contributed by atoms with Gasteiger partial charge >= 0.3 is 12.1 Å². The van der Waals surface area contributed by atoms with E-state index in [1.54, 1.807) is 0 Å². The topological polar surface area (TPSA) is 164 Å². The largest absolute Gasteiger partial charge is 0.389 e. The number of nitrogens with zero attached hydrogens (tertiary/aromatic N) is 4. The summed E-state index contributed by atoms with van der Waals surface area (Å²) in [5.41, 5.74) is 0. The van der Waals surface area contributed by atoms with Crippen LogP contribution in [0.1, 0.15) is 0 Å². The first-order chi connectivity index (χ1) is 11.4. The fourth-order valence-corrected chi connectivity index (χ4v) is 1.68. The molecule has 0 saturated heterocycles. The van der Waals surface area contributed by atoms with Crippen LogP contribution in [0.4, 0.5) is 9.59 Å². The zero-order valence-corrected chi connectivity index (χ0v) is 14.0. The highest BCUT2D eigenvalue weighted by atomic mass is 35.5. The zero-order chi connectivity index (χ0) is 18.5. The molecular weight excluding hydrogens is 371 g/mol. The number of urea groups is 2. The number of alkyl halides is 2. The molecule has 0 aromatic carbocycles. The van der Waals surface area contributed by atoms with E-state index in [1.807, 2.05) is 0 Å². The lowest BCUT2D eigenvalue weighted by atomic mass is 10.2. The molecule has 0 bridgehead atoms. The lowest BCUT2D eigenvalue weighted by Gasteiger charge is -2.21. The van der Waals surface area contributed by atoms with Gasteiger partial charge in [-0.1, -0.05) is 0 Å². The van der Waals surface area contributed by atoms with Crippen LogP contribution in [0.5, 0.6) is 0 Å². The third-order valence-electron chi connectivity index (χ3n) is 2.63. The van der Waals surface area contributed by atoms with Crippen LogP contribution in [0, 0.1) is 9.81 Å². The monoisotopic (exact) mass is 388 g/mol. The van der Waals surface area contributed by atoms with E-state index in [9.17, 15) is 29.6 Å². The van der Waals surface area contributed by atoms with Gasteiger partial charge in [-0.3, -0.25) is 0 Å². The molecule has 0 aromatic rings. The van der Waals surface area contributed by atoms with Crippen molar-refractivity contribution < 1.29 is 19.8 Å². The third-order valence-corrected chi connectivity index (χ3v) is 2.97.